The predicted octanol–water partition coefficient (Wildman–Crippen LogP) is 4.40. The quantitative estimate of drug-likeness (QED) is 0.860. The molecule has 1 unspecified atom stereocenters. The van der Waals surface area contributed by atoms with Crippen molar-refractivity contribution < 1.29 is 4.39 Å². The first-order valence-corrected chi connectivity index (χ1v) is 7.59. The van der Waals surface area contributed by atoms with E-state index < -0.39 is 0 Å². The first-order chi connectivity index (χ1) is 9.56. The van der Waals surface area contributed by atoms with E-state index in [1.807, 2.05) is 6.07 Å². The molecule has 0 amide bonds. The Morgan fingerprint density at radius 2 is 1.95 bits per heavy atom. The molecule has 0 aliphatic heterocycles. The molecule has 0 radical (unpaired) electrons. The molecule has 0 heterocycles. The van der Waals surface area contributed by atoms with Crippen LogP contribution in [0.4, 0.5) is 4.39 Å². The molecule has 0 spiro atoms. The van der Waals surface area contributed by atoms with Crippen molar-refractivity contribution in [1.29, 1.82) is 0 Å². The van der Waals surface area contributed by atoms with Crippen LogP contribution >= 0.6 is 15.9 Å². The minimum atomic E-state index is -0.228. The lowest BCUT2D eigenvalue weighted by molar-refractivity contribution is 0.593. The van der Waals surface area contributed by atoms with Crippen molar-refractivity contribution >= 4 is 15.9 Å². The molecule has 1 atom stereocenters. The molecule has 0 bridgehead atoms. The number of nitrogens with two attached hydrogens (primary N) is 1. The van der Waals surface area contributed by atoms with Crippen molar-refractivity contribution in [2.75, 3.05) is 0 Å². The van der Waals surface area contributed by atoms with Crippen LogP contribution in [0.25, 0.3) is 0 Å². The van der Waals surface area contributed by atoms with Gasteiger partial charge in [0.05, 0.1) is 4.47 Å². The van der Waals surface area contributed by atoms with Gasteiger partial charge in [-0.25, -0.2) is 4.39 Å². The molecular formula is C17H19BrFN. The Labute approximate surface area is 128 Å². The van der Waals surface area contributed by atoms with Crippen molar-refractivity contribution in [2.24, 2.45) is 5.73 Å². The lowest BCUT2D eigenvalue weighted by atomic mass is 9.99. The summed E-state index contributed by atoms with van der Waals surface area (Å²) in [6.45, 7) is 2.09. The van der Waals surface area contributed by atoms with E-state index in [0.29, 0.717) is 10.9 Å². The summed E-state index contributed by atoms with van der Waals surface area (Å²) in [6.07, 6.45) is 2.53. The minimum absolute atomic E-state index is 0.0358. The normalized spacial score (nSPS) is 12.4. The lowest BCUT2D eigenvalue weighted by Crippen LogP contribution is -2.23. The molecule has 2 rings (SSSR count). The topological polar surface area (TPSA) is 26.0 Å². The van der Waals surface area contributed by atoms with Gasteiger partial charge in [0.2, 0.25) is 0 Å². The van der Waals surface area contributed by atoms with Crippen LogP contribution in [-0.4, -0.2) is 6.04 Å². The Hall–Kier alpha value is -1.19. The number of rotatable bonds is 5. The first kappa shape index (κ1) is 15.2. The fraction of sp³-hybridized carbons (Fsp3) is 0.294. The summed E-state index contributed by atoms with van der Waals surface area (Å²) in [7, 11) is 0. The fourth-order valence-electron chi connectivity index (χ4n) is 2.31. The Balaban J connectivity index is 1.92. The van der Waals surface area contributed by atoms with Crippen molar-refractivity contribution in [3.8, 4) is 0 Å². The Morgan fingerprint density at radius 1 is 1.20 bits per heavy atom. The highest BCUT2D eigenvalue weighted by atomic mass is 79.9. The summed E-state index contributed by atoms with van der Waals surface area (Å²) in [4.78, 5) is 0. The third-order valence-corrected chi connectivity index (χ3v) is 4.29. The fourth-order valence-corrected chi connectivity index (χ4v) is 2.74. The monoisotopic (exact) mass is 335 g/mol. The zero-order chi connectivity index (χ0) is 14.5. The molecule has 20 heavy (non-hydrogen) atoms. The number of aryl methyl sites for hydroxylation is 2. The second-order valence-corrected chi connectivity index (χ2v) is 6.00. The largest absolute Gasteiger partial charge is 0.327 e. The molecule has 2 aromatic rings. The average molecular weight is 336 g/mol. The highest BCUT2D eigenvalue weighted by Gasteiger charge is 2.10. The average Bonchev–Trinajstić information content (AvgIpc) is 2.42. The summed E-state index contributed by atoms with van der Waals surface area (Å²) < 4.78 is 14.0. The van der Waals surface area contributed by atoms with Crippen molar-refractivity contribution in [3.05, 3.63) is 69.4 Å². The van der Waals surface area contributed by atoms with E-state index in [1.165, 1.54) is 17.2 Å². The van der Waals surface area contributed by atoms with Crippen molar-refractivity contribution in [3.63, 3.8) is 0 Å². The van der Waals surface area contributed by atoms with E-state index in [1.54, 1.807) is 6.07 Å². The molecule has 106 valence electrons. The van der Waals surface area contributed by atoms with Gasteiger partial charge in [0, 0.05) is 6.04 Å². The van der Waals surface area contributed by atoms with Gasteiger partial charge in [-0.05, 0) is 59.3 Å². The van der Waals surface area contributed by atoms with Gasteiger partial charge in [-0.2, -0.15) is 0 Å². The van der Waals surface area contributed by atoms with Gasteiger partial charge in [-0.15, -0.1) is 0 Å². The Kier molecular flexibility index (Phi) is 5.32. The van der Waals surface area contributed by atoms with Gasteiger partial charge in [0.25, 0.3) is 0 Å². The third-order valence-electron chi connectivity index (χ3n) is 3.40. The summed E-state index contributed by atoms with van der Waals surface area (Å²) >= 11 is 3.28. The van der Waals surface area contributed by atoms with Crippen LogP contribution in [0.15, 0.2) is 46.9 Å². The summed E-state index contributed by atoms with van der Waals surface area (Å²) in [5.74, 6) is -0.228. The molecule has 0 aliphatic carbocycles. The second-order valence-electron chi connectivity index (χ2n) is 5.20. The van der Waals surface area contributed by atoms with E-state index >= 15 is 0 Å². The number of hydrogen-bond acceptors (Lipinski definition) is 1. The molecule has 2 N–H and O–H groups in total. The maximum atomic E-state index is 13.4. The predicted molar refractivity (Wildman–Crippen MR) is 85.3 cm³/mol. The van der Waals surface area contributed by atoms with Crippen LogP contribution in [0.5, 0.6) is 0 Å². The minimum Gasteiger partial charge on any atom is -0.327 e. The number of hydrogen-bond donors (Lipinski definition) is 1. The highest BCUT2D eigenvalue weighted by Crippen LogP contribution is 2.22. The number of halogens is 2. The van der Waals surface area contributed by atoms with Gasteiger partial charge in [-0.1, -0.05) is 42.0 Å². The summed E-state index contributed by atoms with van der Waals surface area (Å²) in [5.41, 5.74) is 9.67. The van der Waals surface area contributed by atoms with E-state index in [-0.39, 0.29) is 11.9 Å². The molecule has 0 aromatic heterocycles. The van der Waals surface area contributed by atoms with Crippen molar-refractivity contribution in [2.45, 2.75) is 32.2 Å². The maximum absolute atomic E-state index is 13.4. The van der Waals surface area contributed by atoms with Gasteiger partial charge >= 0.3 is 0 Å². The second kappa shape index (κ2) is 7.00. The highest BCUT2D eigenvalue weighted by molar-refractivity contribution is 9.10. The molecule has 0 saturated carbocycles. The summed E-state index contributed by atoms with van der Waals surface area (Å²) in [6, 6.07) is 13.6. The molecule has 0 fully saturated rings. The number of benzene rings is 2. The molecule has 3 heteroatoms. The molecule has 2 aromatic carbocycles. The van der Waals surface area contributed by atoms with E-state index in [9.17, 15) is 4.39 Å². The SMILES string of the molecule is Cc1cccc(CCC(N)Cc2cccc(F)c2Br)c1. The van der Waals surface area contributed by atoms with E-state index in [4.69, 9.17) is 5.73 Å². The smallest absolute Gasteiger partial charge is 0.137 e. The molecule has 0 saturated heterocycles. The van der Waals surface area contributed by atoms with E-state index in [0.717, 1.165) is 18.4 Å². The molecule has 0 aliphatic rings. The van der Waals surface area contributed by atoms with Crippen LogP contribution in [0.2, 0.25) is 0 Å². The van der Waals surface area contributed by atoms with Crippen LogP contribution < -0.4 is 5.73 Å². The van der Waals surface area contributed by atoms with Crippen LogP contribution in [-0.2, 0) is 12.8 Å². The van der Waals surface area contributed by atoms with Crippen LogP contribution in [0.3, 0.4) is 0 Å². The van der Waals surface area contributed by atoms with Gasteiger partial charge in [-0.3, -0.25) is 0 Å². The zero-order valence-electron chi connectivity index (χ0n) is 11.6. The third kappa shape index (κ3) is 4.15. The van der Waals surface area contributed by atoms with Gasteiger partial charge in [0.1, 0.15) is 5.82 Å². The summed E-state index contributed by atoms with van der Waals surface area (Å²) in [5, 5.41) is 0. The van der Waals surface area contributed by atoms with Crippen LogP contribution in [0.1, 0.15) is 23.1 Å². The standard InChI is InChI=1S/C17H19BrFN/c1-12-4-2-5-13(10-12)8-9-15(20)11-14-6-3-7-16(19)17(14)18/h2-7,10,15H,8-9,11,20H2,1H3. The Morgan fingerprint density at radius 3 is 2.70 bits per heavy atom. The van der Waals surface area contributed by atoms with E-state index in [2.05, 4.69) is 47.1 Å². The lowest BCUT2D eigenvalue weighted by Gasteiger charge is -2.13. The van der Waals surface area contributed by atoms with Gasteiger partial charge < -0.3 is 5.73 Å². The zero-order valence-corrected chi connectivity index (χ0v) is 13.2. The van der Waals surface area contributed by atoms with Crippen LogP contribution in [0, 0.1) is 12.7 Å². The molecule has 1 nitrogen and oxygen atoms in total. The first-order valence-electron chi connectivity index (χ1n) is 6.80. The molecular weight excluding hydrogens is 317 g/mol. The van der Waals surface area contributed by atoms with Crippen molar-refractivity contribution in [1.82, 2.24) is 0 Å². The van der Waals surface area contributed by atoms with Gasteiger partial charge in [0.15, 0.2) is 0 Å². The Bertz CT molecular complexity index is 583. The maximum Gasteiger partial charge on any atom is 0.137 e.